The first-order chi connectivity index (χ1) is 7.88. The van der Waals surface area contributed by atoms with Crippen LogP contribution >= 0.6 is 22.7 Å². The third-order valence-corrected chi connectivity index (χ3v) is 4.87. The topological polar surface area (TPSA) is 24.9 Å². The zero-order chi connectivity index (χ0) is 11.0. The molecule has 2 heterocycles. The molecule has 1 fully saturated rings. The standard InChI is InChI=1S/C12H14N2S2/c1-13-7-10-11(8-4-5-8)14-12(16-10)9-3-2-6-15-9/h2-3,6,8,13H,4-5,7H2,1H3. The lowest BCUT2D eigenvalue weighted by Gasteiger charge is -1.97. The van der Waals surface area contributed by atoms with Crippen molar-refractivity contribution in [1.29, 1.82) is 0 Å². The zero-order valence-corrected chi connectivity index (χ0v) is 10.8. The molecule has 1 N–H and O–H groups in total. The summed E-state index contributed by atoms with van der Waals surface area (Å²) in [5.41, 5.74) is 1.35. The van der Waals surface area contributed by atoms with Crippen LogP contribution in [-0.2, 0) is 6.54 Å². The van der Waals surface area contributed by atoms with E-state index in [9.17, 15) is 0 Å². The van der Waals surface area contributed by atoms with Crippen LogP contribution in [0.3, 0.4) is 0 Å². The van der Waals surface area contributed by atoms with Gasteiger partial charge in [-0.15, -0.1) is 22.7 Å². The molecular formula is C12H14N2S2. The Balaban J connectivity index is 1.97. The van der Waals surface area contributed by atoms with Gasteiger partial charge in [0.2, 0.25) is 0 Å². The van der Waals surface area contributed by atoms with Crippen molar-refractivity contribution in [2.45, 2.75) is 25.3 Å². The maximum absolute atomic E-state index is 4.82. The molecule has 16 heavy (non-hydrogen) atoms. The van der Waals surface area contributed by atoms with E-state index >= 15 is 0 Å². The molecule has 0 unspecified atom stereocenters. The van der Waals surface area contributed by atoms with Crippen molar-refractivity contribution in [2.75, 3.05) is 7.05 Å². The van der Waals surface area contributed by atoms with E-state index in [2.05, 4.69) is 22.8 Å². The monoisotopic (exact) mass is 250 g/mol. The Morgan fingerprint density at radius 2 is 2.38 bits per heavy atom. The molecule has 1 saturated carbocycles. The van der Waals surface area contributed by atoms with Gasteiger partial charge in [-0.2, -0.15) is 0 Å². The van der Waals surface area contributed by atoms with Crippen molar-refractivity contribution in [3.63, 3.8) is 0 Å². The molecule has 0 spiro atoms. The second-order valence-electron chi connectivity index (χ2n) is 4.11. The van der Waals surface area contributed by atoms with Crippen LogP contribution in [0.1, 0.15) is 29.3 Å². The summed E-state index contributed by atoms with van der Waals surface area (Å²) < 4.78 is 0. The largest absolute Gasteiger partial charge is 0.315 e. The van der Waals surface area contributed by atoms with Crippen molar-refractivity contribution in [1.82, 2.24) is 10.3 Å². The van der Waals surface area contributed by atoms with Gasteiger partial charge in [-0.05, 0) is 31.3 Å². The Bertz CT molecular complexity index is 469. The highest BCUT2D eigenvalue weighted by Crippen LogP contribution is 2.44. The van der Waals surface area contributed by atoms with Gasteiger partial charge in [0.25, 0.3) is 0 Å². The van der Waals surface area contributed by atoms with Crippen LogP contribution in [0, 0.1) is 0 Å². The molecular weight excluding hydrogens is 236 g/mol. The van der Waals surface area contributed by atoms with Gasteiger partial charge in [-0.25, -0.2) is 4.98 Å². The first-order valence-corrected chi connectivity index (χ1v) is 7.26. The fourth-order valence-electron chi connectivity index (χ4n) is 1.83. The van der Waals surface area contributed by atoms with Crippen molar-refractivity contribution in [3.05, 3.63) is 28.1 Å². The van der Waals surface area contributed by atoms with Gasteiger partial charge in [0.1, 0.15) is 5.01 Å². The molecule has 0 atom stereocenters. The molecule has 1 aliphatic carbocycles. The van der Waals surface area contributed by atoms with E-state index in [1.165, 1.54) is 33.3 Å². The first-order valence-electron chi connectivity index (χ1n) is 5.56. The van der Waals surface area contributed by atoms with Gasteiger partial charge in [0.05, 0.1) is 10.6 Å². The molecule has 0 radical (unpaired) electrons. The number of thiophene rings is 1. The van der Waals surface area contributed by atoms with Crippen molar-refractivity contribution in [3.8, 4) is 9.88 Å². The molecule has 0 amide bonds. The lowest BCUT2D eigenvalue weighted by atomic mass is 10.2. The Labute approximate surface area is 103 Å². The summed E-state index contributed by atoms with van der Waals surface area (Å²) in [7, 11) is 2.00. The number of nitrogens with zero attached hydrogens (tertiary/aromatic N) is 1. The van der Waals surface area contributed by atoms with Crippen LogP contribution in [-0.4, -0.2) is 12.0 Å². The Hall–Kier alpha value is -0.710. The van der Waals surface area contributed by atoms with Crippen LogP contribution < -0.4 is 5.32 Å². The molecule has 3 rings (SSSR count). The summed E-state index contributed by atoms with van der Waals surface area (Å²) in [5.74, 6) is 0.744. The highest BCUT2D eigenvalue weighted by Gasteiger charge is 2.29. The molecule has 1 aliphatic rings. The molecule has 2 nitrogen and oxygen atoms in total. The highest BCUT2D eigenvalue weighted by atomic mass is 32.1. The molecule has 4 heteroatoms. The lowest BCUT2D eigenvalue weighted by molar-refractivity contribution is 0.813. The maximum atomic E-state index is 4.82. The summed E-state index contributed by atoms with van der Waals surface area (Å²) in [4.78, 5) is 7.55. The summed E-state index contributed by atoms with van der Waals surface area (Å²) in [6.45, 7) is 0.953. The van der Waals surface area contributed by atoms with Crippen LogP contribution in [0.2, 0.25) is 0 Å². The fraction of sp³-hybridized carbons (Fsp3) is 0.417. The third-order valence-electron chi connectivity index (χ3n) is 2.76. The molecule has 0 bridgehead atoms. The number of aromatic nitrogens is 1. The van der Waals surface area contributed by atoms with Crippen molar-refractivity contribution >= 4 is 22.7 Å². The quantitative estimate of drug-likeness (QED) is 0.898. The van der Waals surface area contributed by atoms with Crippen LogP contribution in [0.4, 0.5) is 0 Å². The minimum absolute atomic E-state index is 0.744. The smallest absolute Gasteiger partial charge is 0.133 e. The summed E-state index contributed by atoms with van der Waals surface area (Å²) in [5, 5.41) is 6.55. The minimum Gasteiger partial charge on any atom is -0.315 e. The molecule has 0 aromatic carbocycles. The Morgan fingerprint density at radius 3 is 3.00 bits per heavy atom. The van der Waals surface area contributed by atoms with E-state index in [1.807, 2.05) is 18.4 Å². The number of nitrogens with one attached hydrogen (secondary N) is 1. The molecule has 84 valence electrons. The van der Waals surface area contributed by atoms with Gasteiger partial charge in [-0.3, -0.25) is 0 Å². The average molecular weight is 250 g/mol. The van der Waals surface area contributed by atoms with Gasteiger partial charge < -0.3 is 5.32 Å². The van der Waals surface area contributed by atoms with Crippen LogP contribution in [0.25, 0.3) is 9.88 Å². The van der Waals surface area contributed by atoms with E-state index in [1.54, 1.807) is 11.3 Å². The predicted molar refractivity (Wildman–Crippen MR) is 70.2 cm³/mol. The van der Waals surface area contributed by atoms with Gasteiger partial charge >= 0.3 is 0 Å². The average Bonchev–Trinajstić information content (AvgIpc) is 2.82. The van der Waals surface area contributed by atoms with Crippen LogP contribution in [0.15, 0.2) is 17.5 Å². The minimum atomic E-state index is 0.744. The normalized spacial score (nSPS) is 15.6. The predicted octanol–water partition coefficient (Wildman–Crippen LogP) is 3.47. The number of rotatable bonds is 4. The van der Waals surface area contributed by atoms with Gasteiger partial charge in [0.15, 0.2) is 0 Å². The highest BCUT2D eigenvalue weighted by molar-refractivity contribution is 7.21. The molecule has 2 aromatic heterocycles. The molecule has 0 aliphatic heterocycles. The van der Waals surface area contributed by atoms with E-state index in [0.29, 0.717) is 0 Å². The summed E-state index contributed by atoms with van der Waals surface area (Å²) in [6.07, 6.45) is 2.65. The van der Waals surface area contributed by atoms with E-state index < -0.39 is 0 Å². The van der Waals surface area contributed by atoms with Crippen LogP contribution in [0.5, 0.6) is 0 Å². The van der Waals surface area contributed by atoms with Crippen molar-refractivity contribution in [2.24, 2.45) is 0 Å². The first kappa shape index (κ1) is 10.4. The molecule has 2 aromatic rings. The summed E-state index contributed by atoms with van der Waals surface area (Å²) in [6, 6.07) is 4.25. The van der Waals surface area contributed by atoms with Gasteiger partial charge in [-0.1, -0.05) is 6.07 Å². The van der Waals surface area contributed by atoms with E-state index in [0.717, 1.165) is 12.5 Å². The lowest BCUT2D eigenvalue weighted by Crippen LogP contribution is -2.05. The van der Waals surface area contributed by atoms with E-state index in [4.69, 9.17) is 4.98 Å². The number of hydrogen-bond donors (Lipinski definition) is 1. The fourth-order valence-corrected chi connectivity index (χ4v) is 3.79. The SMILES string of the molecule is CNCc1sc(-c2cccs2)nc1C1CC1. The Morgan fingerprint density at radius 1 is 1.50 bits per heavy atom. The van der Waals surface area contributed by atoms with Gasteiger partial charge in [0, 0.05) is 17.3 Å². The number of thiazole rings is 1. The summed E-state index contributed by atoms with van der Waals surface area (Å²) >= 11 is 3.62. The van der Waals surface area contributed by atoms with Crippen molar-refractivity contribution < 1.29 is 0 Å². The second-order valence-corrected chi connectivity index (χ2v) is 6.14. The Kier molecular flexibility index (Phi) is 2.79. The number of hydrogen-bond acceptors (Lipinski definition) is 4. The second kappa shape index (κ2) is 4.28. The third kappa shape index (κ3) is 1.93. The maximum Gasteiger partial charge on any atom is 0.133 e. The zero-order valence-electron chi connectivity index (χ0n) is 9.19. The molecule has 0 saturated heterocycles. The van der Waals surface area contributed by atoms with E-state index in [-0.39, 0.29) is 0 Å².